The number of carbonyl (C=O) groups excluding carboxylic acids is 3. The number of fused-ring (bicyclic) bond motifs is 4. The zero-order valence-corrected chi connectivity index (χ0v) is 11.8. The largest absolute Gasteiger partial charge is 0.334 e. The average molecular weight is 283 g/mol. The predicted octanol–water partition coefficient (Wildman–Crippen LogP) is 1.82. The topological polar surface area (TPSA) is 54.5 Å². The molecule has 1 amide bonds. The van der Waals surface area contributed by atoms with E-state index in [0.717, 1.165) is 12.0 Å². The van der Waals surface area contributed by atoms with Gasteiger partial charge in [0.25, 0.3) is 0 Å². The molecule has 1 aromatic rings. The van der Waals surface area contributed by atoms with Gasteiger partial charge in [0, 0.05) is 25.8 Å². The molecule has 2 fully saturated rings. The Hall–Kier alpha value is -1.97. The summed E-state index contributed by atoms with van der Waals surface area (Å²) in [5, 5.41) is 0. The Morgan fingerprint density at radius 2 is 1.71 bits per heavy atom. The van der Waals surface area contributed by atoms with Crippen LogP contribution in [-0.2, 0) is 20.8 Å². The number of Topliss-reactive ketones (excluding diaryl/α,β-unsaturated/α-hetero) is 2. The molecule has 0 bridgehead atoms. The monoisotopic (exact) mass is 283 g/mol. The van der Waals surface area contributed by atoms with Crippen LogP contribution in [0.5, 0.6) is 0 Å². The lowest BCUT2D eigenvalue weighted by Gasteiger charge is -2.41. The Morgan fingerprint density at radius 3 is 2.48 bits per heavy atom. The van der Waals surface area contributed by atoms with Crippen molar-refractivity contribution in [3.05, 3.63) is 35.4 Å². The fourth-order valence-electron chi connectivity index (χ4n) is 4.32. The van der Waals surface area contributed by atoms with Gasteiger partial charge in [-0.1, -0.05) is 24.3 Å². The maximum absolute atomic E-state index is 12.6. The fraction of sp³-hybridized carbons (Fsp3) is 0.471. The molecule has 4 nitrogen and oxygen atoms in total. The molecule has 0 aromatic heterocycles. The minimum absolute atomic E-state index is 0.0312. The van der Waals surface area contributed by atoms with Crippen molar-refractivity contribution in [2.75, 3.05) is 6.54 Å². The lowest BCUT2D eigenvalue weighted by Crippen LogP contribution is -2.48. The Kier molecular flexibility index (Phi) is 2.59. The summed E-state index contributed by atoms with van der Waals surface area (Å²) >= 11 is 0. The van der Waals surface area contributed by atoms with Crippen LogP contribution in [0.15, 0.2) is 24.3 Å². The van der Waals surface area contributed by atoms with Crippen molar-refractivity contribution >= 4 is 17.5 Å². The van der Waals surface area contributed by atoms with Crippen LogP contribution >= 0.6 is 0 Å². The molecule has 1 spiro atoms. The molecular weight excluding hydrogens is 266 g/mol. The lowest BCUT2D eigenvalue weighted by molar-refractivity contribution is -0.146. The van der Waals surface area contributed by atoms with Crippen LogP contribution < -0.4 is 0 Å². The highest BCUT2D eigenvalue weighted by Gasteiger charge is 2.62. The second-order valence-corrected chi connectivity index (χ2v) is 6.29. The molecule has 1 aromatic carbocycles. The van der Waals surface area contributed by atoms with Gasteiger partial charge in [0.2, 0.25) is 5.91 Å². The lowest BCUT2D eigenvalue weighted by atomic mass is 9.64. The molecule has 4 rings (SSSR count). The van der Waals surface area contributed by atoms with Gasteiger partial charge in [0.15, 0.2) is 0 Å². The van der Waals surface area contributed by atoms with Crippen LogP contribution in [0, 0.1) is 5.41 Å². The van der Waals surface area contributed by atoms with Gasteiger partial charge in [-0.3, -0.25) is 14.4 Å². The van der Waals surface area contributed by atoms with Crippen molar-refractivity contribution < 1.29 is 14.4 Å². The number of amides is 1. The second-order valence-electron chi connectivity index (χ2n) is 6.29. The van der Waals surface area contributed by atoms with Crippen molar-refractivity contribution in [3.8, 4) is 0 Å². The third kappa shape index (κ3) is 1.53. The second kappa shape index (κ2) is 4.26. The van der Waals surface area contributed by atoms with Gasteiger partial charge in [0.05, 0.1) is 6.04 Å². The third-order valence-electron chi connectivity index (χ3n) is 5.30. The minimum atomic E-state index is -1.11. The summed E-state index contributed by atoms with van der Waals surface area (Å²) in [4.78, 5) is 39.5. The third-order valence-corrected chi connectivity index (χ3v) is 5.30. The highest BCUT2D eigenvalue weighted by molar-refractivity contribution is 6.14. The summed E-state index contributed by atoms with van der Waals surface area (Å²) in [6.07, 6.45) is 2.35. The van der Waals surface area contributed by atoms with E-state index in [0.29, 0.717) is 25.8 Å². The number of rotatable bonds is 0. The number of carbonyl (C=O) groups is 3. The Morgan fingerprint density at radius 1 is 1.00 bits per heavy atom. The molecule has 1 saturated heterocycles. The smallest absolute Gasteiger partial charge is 0.224 e. The summed E-state index contributed by atoms with van der Waals surface area (Å²) < 4.78 is 0. The normalized spacial score (nSPS) is 27.0. The number of ketones is 2. The SMILES string of the molecule is O=C1CC2(C(=O)CCCC2=O)C2c3ccccc3CCN12. The van der Waals surface area contributed by atoms with Crippen LogP contribution in [-0.4, -0.2) is 28.9 Å². The summed E-state index contributed by atoms with van der Waals surface area (Å²) in [6.45, 7) is 0.614. The van der Waals surface area contributed by atoms with Crippen LogP contribution in [0.25, 0.3) is 0 Å². The van der Waals surface area contributed by atoms with E-state index in [9.17, 15) is 14.4 Å². The van der Waals surface area contributed by atoms with Crippen molar-refractivity contribution in [1.29, 1.82) is 0 Å². The fourth-order valence-corrected chi connectivity index (χ4v) is 4.32. The molecule has 1 unspecified atom stereocenters. The van der Waals surface area contributed by atoms with Gasteiger partial charge >= 0.3 is 0 Å². The van der Waals surface area contributed by atoms with E-state index in [4.69, 9.17) is 0 Å². The summed E-state index contributed by atoms with van der Waals surface area (Å²) in [6, 6.07) is 7.55. The first kappa shape index (κ1) is 12.7. The first-order valence-corrected chi connectivity index (χ1v) is 7.58. The van der Waals surface area contributed by atoms with Crippen LogP contribution in [0.4, 0.5) is 0 Å². The van der Waals surface area contributed by atoms with E-state index in [1.807, 2.05) is 24.3 Å². The van der Waals surface area contributed by atoms with Crippen molar-refractivity contribution in [3.63, 3.8) is 0 Å². The Balaban J connectivity index is 1.93. The van der Waals surface area contributed by atoms with Crippen LogP contribution in [0.3, 0.4) is 0 Å². The average Bonchev–Trinajstić information content (AvgIpc) is 2.80. The van der Waals surface area contributed by atoms with Gasteiger partial charge in [-0.25, -0.2) is 0 Å². The molecule has 4 heteroatoms. The van der Waals surface area contributed by atoms with E-state index >= 15 is 0 Å². The van der Waals surface area contributed by atoms with Crippen LogP contribution in [0.2, 0.25) is 0 Å². The van der Waals surface area contributed by atoms with Gasteiger partial charge in [-0.05, 0) is 24.0 Å². The van der Waals surface area contributed by atoms with E-state index < -0.39 is 5.41 Å². The predicted molar refractivity (Wildman–Crippen MR) is 75.5 cm³/mol. The van der Waals surface area contributed by atoms with E-state index in [1.165, 1.54) is 5.56 Å². The number of benzene rings is 1. The molecule has 0 N–H and O–H groups in total. The first-order valence-electron chi connectivity index (χ1n) is 7.58. The molecule has 1 atom stereocenters. The van der Waals surface area contributed by atoms with Gasteiger partial charge in [-0.15, -0.1) is 0 Å². The van der Waals surface area contributed by atoms with Crippen molar-refractivity contribution in [1.82, 2.24) is 4.90 Å². The zero-order valence-electron chi connectivity index (χ0n) is 11.8. The highest BCUT2D eigenvalue weighted by Crippen LogP contribution is 2.54. The molecule has 2 aliphatic heterocycles. The number of nitrogens with zero attached hydrogens (tertiary/aromatic N) is 1. The maximum Gasteiger partial charge on any atom is 0.224 e. The highest BCUT2D eigenvalue weighted by atomic mass is 16.2. The van der Waals surface area contributed by atoms with Crippen molar-refractivity contribution in [2.45, 2.75) is 38.1 Å². The summed E-state index contributed by atoms with van der Waals surface area (Å²) in [5.41, 5.74) is 1.06. The van der Waals surface area contributed by atoms with Gasteiger partial charge < -0.3 is 4.90 Å². The minimum Gasteiger partial charge on any atom is -0.334 e. The molecular formula is C17H17NO3. The first-order chi connectivity index (χ1) is 10.1. The quantitative estimate of drug-likeness (QED) is 0.682. The standard InChI is InChI=1S/C17H17NO3/c19-13-6-3-7-14(20)17(13)10-15(21)18-9-8-11-4-1-2-5-12(11)16(17)18/h1-2,4-5,16H,3,6-10H2. The zero-order chi connectivity index (χ0) is 14.6. The molecule has 1 aliphatic carbocycles. The molecule has 2 heterocycles. The molecule has 0 radical (unpaired) electrons. The summed E-state index contributed by atoms with van der Waals surface area (Å²) in [7, 11) is 0. The van der Waals surface area contributed by atoms with E-state index in [1.54, 1.807) is 4.90 Å². The molecule has 1 saturated carbocycles. The molecule has 108 valence electrons. The van der Waals surface area contributed by atoms with Crippen molar-refractivity contribution in [2.24, 2.45) is 5.41 Å². The number of hydrogen-bond donors (Lipinski definition) is 0. The Labute approximate surface area is 123 Å². The number of hydrogen-bond acceptors (Lipinski definition) is 3. The molecule has 3 aliphatic rings. The van der Waals surface area contributed by atoms with Gasteiger partial charge in [-0.2, -0.15) is 0 Å². The maximum atomic E-state index is 12.6. The Bertz CT molecular complexity index is 648. The van der Waals surface area contributed by atoms with E-state index in [-0.39, 0.29) is 29.9 Å². The molecule has 21 heavy (non-hydrogen) atoms. The van der Waals surface area contributed by atoms with Crippen LogP contribution in [0.1, 0.15) is 42.9 Å². The van der Waals surface area contributed by atoms with E-state index in [2.05, 4.69) is 0 Å². The van der Waals surface area contributed by atoms with Gasteiger partial charge in [0.1, 0.15) is 17.0 Å². The summed E-state index contributed by atoms with van der Waals surface area (Å²) in [5.74, 6) is -0.106.